The van der Waals surface area contributed by atoms with Gasteiger partial charge in [0.15, 0.2) is 5.76 Å². The number of furan rings is 1. The Bertz CT molecular complexity index is 479. The highest BCUT2D eigenvalue weighted by atomic mass is 19.4. The standard InChI is InChI=1S/C10H9F3N2O4/c1-2-18-9(17)7(10(11,12)13)14-15-8(16)6-4-3-5-19-6/h3-5H,2H2,1H3,(H,15,16). The summed E-state index contributed by atoms with van der Waals surface area (Å²) in [7, 11) is 0. The Labute approximate surface area is 105 Å². The number of carbonyl (C=O) groups is 2. The molecule has 1 N–H and O–H groups in total. The highest BCUT2D eigenvalue weighted by Crippen LogP contribution is 2.18. The van der Waals surface area contributed by atoms with Crippen molar-refractivity contribution in [3.05, 3.63) is 24.2 Å². The molecule has 0 aliphatic rings. The van der Waals surface area contributed by atoms with Crippen molar-refractivity contribution in [2.24, 2.45) is 5.10 Å². The minimum absolute atomic E-state index is 0.242. The second-order valence-corrected chi connectivity index (χ2v) is 3.10. The summed E-state index contributed by atoms with van der Waals surface area (Å²) in [6, 6.07) is 2.59. The Balaban J connectivity index is 2.84. The van der Waals surface area contributed by atoms with Crippen LogP contribution in [-0.4, -0.2) is 30.4 Å². The topological polar surface area (TPSA) is 80.9 Å². The highest BCUT2D eigenvalue weighted by Gasteiger charge is 2.42. The van der Waals surface area contributed by atoms with Gasteiger partial charge in [0.1, 0.15) is 0 Å². The van der Waals surface area contributed by atoms with Gasteiger partial charge in [-0.2, -0.15) is 18.3 Å². The lowest BCUT2D eigenvalue weighted by atomic mass is 10.4. The van der Waals surface area contributed by atoms with Crippen molar-refractivity contribution in [1.29, 1.82) is 0 Å². The van der Waals surface area contributed by atoms with E-state index in [0.29, 0.717) is 0 Å². The fraction of sp³-hybridized carbons (Fsp3) is 0.300. The Kier molecular flexibility index (Phi) is 4.67. The van der Waals surface area contributed by atoms with Crippen molar-refractivity contribution in [3.63, 3.8) is 0 Å². The van der Waals surface area contributed by atoms with E-state index in [1.54, 1.807) is 5.43 Å². The van der Waals surface area contributed by atoms with Gasteiger partial charge < -0.3 is 9.15 Å². The largest absolute Gasteiger partial charge is 0.461 e. The molecule has 0 unspecified atom stereocenters. The fourth-order valence-electron chi connectivity index (χ4n) is 0.994. The predicted octanol–water partition coefficient (Wildman–Crippen LogP) is 1.49. The number of carbonyl (C=O) groups excluding carboxylic acids is 2. The molecule has 104 valence electrons. The van der Waals surface area contributed by atoms with Crippen LogP contribution in [0.15, 0.2) is 27.9 Å². The number of hydrogen-bond acceptors (Lipinski definition) is 5. The number of hydrazone groups is 1. The van der Waals surface area contributed by atoms with E-state index in [2.05, 4.69) is 14.3 Å². The zero-order chi connectivity index (χ0) is 14.5. The third-order valence-corrected chi connectivity index (χ3v) is 1.75. The monoisotopic (exact) mass is 278 g/mol. The molecule has 1 aromatic rings. The first-order valence-corrected chi connectivity index (χ1v) is 5.02. The molecule has 9 heteroatoms. The summed E-state index contributed by atoms with van der Waals surface area (Å²) in [6.07, 6.45) is -3.88. The van der Waals surface area contributed by atoms with Crippen LogP contribution in [0, 0.1) is 0 Å². The Hall–Kier alpha value is -2.32. The van der Waals surface area contributed by atoms with Crippen LogP contribution in [0.4, 0.5) is 13.2 Å². The quantitative estimate of drug-likeness (QED) is 0.514. The van der Waals surface area contributed by atoms with Gasteiger partial charge in [-0.25, -0.2) is 10.2 Å². The van der Waals surface area contributed by atoms with Crippen molar-refractivity contribution >= 4 is 17.6 Å². The number of alkyl halides is 3. The third kappa shape index (κ3) is 4.12. The molecule has 1 heterocycles. The molecule has 19 heavy (non-hydrogen) atoms. The Morgan fingerprint density at radius 3 is 2.63 bits per heavy atom. The second kappa shape index (κ2) is 6.03. The number of nitrogens with one attached hydrogen (secondary N) is 1. The molecule has 0 aromatic carbocycles. The average Bonchev–Trinajstić information content (AvgIpc) is 2.80. The Morgan fingerprint density at radius 1 is 1.47 bits per heavy atom. The molecule has 1 rings (SSSR count). The number of amides is 1. The van der Waals surface area contributed by atoms with Crippen molar-refractivity contribution in [1.82, 2.24) is 5.43 Å². The van der Waals surface area contributed by atoms with Crippen molar-refractivity contribution in [2.45, 2.75) is 13.1 Å². The van der Waals surface area contributed by atoms with E-state index in [1.165, 1.54) is 19.1 Å². The fourth-order valence-corrected chi connectivity index (χ4v) is 0.994. The van der Waals surface area contributed by atoms with Gasteiger partial charge in [0.25, 0.3) is 0 Å². The summed E-state index contributed by atoms with van der Waals surface area (Å²) in [5.74, 6) is -2.93. The van der Waals surface area contributed by atoms with Gasteiger partial charge in [-0.15, -0.1) is 0 Å². The van der Waals surface area contributed by atoms with Crippen LogP contribution in [0.25, 0.3) is 0 Å². The molecule has 0 bridgehead atoms. The van der Waals surface area contributed by atoms with E-state index in [-0.39, 0.29) is 12.4 Å². The summed E-state index contributed by atoms with van der Waals surface area (Å²) >= 11 is 0. The molecule has 0 spiro atoms. The van der Waals surface area contributed by atoms with E-state index in [9.17, 15) is 22.8 Å². The normalized spacial score (nSPS) is 12.1. The lowest BCUT2D eigenvalue weighted by molar-refractivity contribution is -0.139. The van der Waals surface area contributed by atoms with Crippen LogP contribution in [0.3, 0.4) is 0 Å². The molecular weight excluding hydrogens is 269 g/mol. The van der Waals surface area contributed by atoms with Crippen LogP contribution in [0.2, 0.25) is 0 Å². The molecule has 1 amide bonds. The summed E-state index contributed by atoms with van der Waals surface area (Å²) < 4.78 is 46.3. The van der Waals surface area contributed by atoms with E-state index < -0.39 is 23.8 Å². The van der Waals surface area contributed by atoms with Gasteiger partial charge in [0, 0.05) is 0 Å². The van der Waals surface area contributed by atoms with Crippen LogP contribution in [0.1, 0.15) is 17.5 Å². The van der Waals surface area contributed by atoms with Crippen LogP contribution in [-0.2, 0) is 9.53 Å². The number of halogens is 3. The first kappa shape index (κ1) is 14.7. The van der Waals surface area contributed by atoms with Crippen molar-refractivity contribution in [3.8, 4) is 0 Å². The lowest BCUT2D eigenvalue weighted by Crippen LogP contribution is -2.35. The number of rotatable bonds is 4. The summed E-state index contributed by atoms with van der Waals surface area (Å²) in [5.41, 5.74) is -0.287. The van der Waals surface area contributed by atoms with E-state index in [4.69, 9.17) is 0 Å². The summed E-state index contributed by atoms with van der Waals surface area (Å²) in [6.45, 7) is 1.09. The predicted molar refractivity (Wildman–Crippen MR) is 56.3 cm³/mol. The van der Waals surface area contributed by atoms with Gasteiger partial charge >= 0.3 is 18.1 Å². The van der Waals surface area contributed by atoms with Crippen LogP contribution < -0.4 is 5.43 Å². The highest BCUT2D eigenvalue weighted by molar-refractivity contribution is 6.38. The van der Waals surface area contributed by atoms with Gasteiger partial charge in [-0.1, -0.05) is 0 Å². The first-order valence-electron chi connectivity index (χ1n) is 5.02. The zero-order valence-corrected chi connectivity index (χ0v) is 9.65. The van der Waals surface area contributed by atoms with Crippen molar-refractivity contribution in [2.75, 3.05) is 6.61 Å². The Morgan fingerprint density at radius 2 is 2.16 bits per heavy atom. The molecule has 0 atom stereocenters. The van der Waals surface area contributed by atoms with E-state index in [0.717, 1.165) is 6.26 Å². The maximum Gasteiger partial charge on any atom is 0.442 e. The first-order chi connectivity index (χ1) is 8.86. The minimum atomic E-state index is -5.04. The van der Waals surface area contributed by atoms with Crippen LogP contribution in [0.5, 0.6) is 0 Å². The molecule has 0 radical (unpaired) electrons. The maximum absolute atomic E-state index is 12.5. The zero-order valence-electron chi connectivity index (χ0n) is 9.65. The van der Waals surface area contributed by atoms with Gasteiger partial charge in [0.05, 0.1) is 12.9 Å². The van der Waals surface area contributed by atoms with Gasteiger partial charge in [0.2, 0.25) is 5.71 Å². The molecule has 0 saturated carbocycles. The molecule has 0 aliphatic carbocycles. The van der Waals surface area contributed by atoms with Gasteiger partial charge in [-0.05, 0) is 19.1 Å². The molecule has 0 fully saturated rings. The maximum atomic E-state index is 12.5. The third-order valence-electron chi connectivity index (χ3n) is 1.75. The summed E-state index contributed by atoms with van der Waals surface area (Å²) in [5, 5.41) is 2.73. The van der Waals surface area contributed by atoms with Crippen LogP contribution >= 0.6 is 0 Å². The van der Waals surface area contributed by atoms with Crippen molar-refractivity contribution < 1.29 is 31.9 Å². The SMILES string of the molecule is CCOC(=O)C(=NNC(=O)c1ccco1)C(F)(F)F. The van der Waals surface area contributed by atoms with Gasteiger partial charge in [-0.3, -0.25) is 4.79 Å². The number of ether oxygens (including phenoxy) is 1. The number of nitrogens with zero attached hydrogens (tertiary/aromatic N) is 1. The minimum Gasteiger partial charge on any atom is -0.461 e. The number of hydrogen-bond donors (Lipinski definition) is 1. The van der Waals surface area contributed by atoms with E-state index in [1.807, 2.05) is 0 Å². The molecule has 1 aromatic heterocycles. The van der Waals surface area contributed by atoms with E-state index >= 15 is 0 Å². The average molecular weight is 278 g/mol. The summed E-state index contributed by atoms with van der Waals surface area (Å²) in [4.78, 5) is 22.3. The molecule has 0 saturated heterocycles. The number of esters is 1. The molecule has 0 aliphatic heterocycles. The molecular formula is C10H9F3N2O4. The lowest BCUT2D eigenvalue weighted by Gasteiger charge is -2.08. The smallest absolute Gasteiger partial charge is 0.442 e. The molecule has 6 nitrogen and oxygen atoms in total. The second-order valence-electron chi connectivity index (χ2n) is 3.10.